The standard InChI is InChI=1S/C30H22O10/c1-39-17-7-3-5-15(9-17)27(35)29(37)21-13-25(33)23(31)11-19(21)20-12-24(32)26(34)14-22(20)30(38)28(36)16-6-4-8-18(10-16)40-2/h3-14,31-34H,1-2H3. The van der Waals surface area contributed by atoms with Crippen LogP contribution in [0.3, 0.4) is 0 Å². The molecule has 0 heterocycles. The minimum Gasteiger partial charge on any atom is -0.504 e. The van der Waals surface area contributed by atoms with E-state index in [0.717, 1.165) is 24.3 Å². The van der Waals surface area contributed by atoms with E-state index in [4.69, 9.17) is 9.47 Å². The molecular formula is C30H22O10. The van der Waals surface area contributed by atoms with Crippen LogP contribution in [0.5, 0.6) is 34.5 Å². The molecule has 0 bridgehead atoms. The van der Waals surface area contributed by atoms with Crippen LogP contribution in [0.15, 0.2) is 72.8 Å². The lowest BCUT2D eigenvalue weighted by Crippen LogP contribution is -2.18. The van der Waals surface area contributed by atoms with E-state index < -0.39 is 57.3 Å². The van der Waals surface area contributed by atoms with Gasteiger partial charge in [-0.3, -0.25) is 19.2 Å². The monoisotopic (exact) mass is 542 g/mol. The van der Waals surface area contributed by atoms with E-state index >= 15 is 0 Å². The van der Waals surface area contributed by atoms with Gasteiger partial charge in [-0.15, -0.1) is 0 Å². The van der Waals surface area contributed by atoms with Gasteiger partial charge >= 0.3 is 0 Å². The van der Waals surface area contributed by atoms with E-state index in [9.17, 15) is 39.6 Å². The average molecular weight is 542 g/mol. The van der Waals surface area contributed by atoms with Crippen LogP contribution in [0.4, 0.5) is 0 Å². The third kappa shape index (κ3) is 5.18. The first-order chi connectivity index (χ1) is 19.0. The minimum atomic E-state index is -1.14. The van der Waals surface area contributed by atoms with Crippen LogP contribution in [-0.4, -0.2) is 57.8 Å². The Balaban J connectivity index is 1.89. The van der Waals surface area contributed by atoms with E-state index in [2.05, 4.69) is 0 Å². The lowest BCUT2D eigenvalue weighted by Gasteiger charge is -2.15. The number of rotatable bonds is 9. The summed E-state index contributed by atoms with van der Waals surface area (Å²) in [5.41, 5.74) is -1.52. The molecule has 40 heavy (non-hydrogen) atoms. The Morgan fingerprint density at radius 3 is 1.20 bits per heavy atom. The maximum Gasteiger partial charge on any atom is 0.234 e. The number of carbonyl (C=O) groups excluding carboxylic acids is 4. The number of phenols is 4. The number of hydrogen-bond donors (Lipinski definition) is 4. The Kier molecular flexibility index (Phi) is 7.53. The largest absolute Gasteiger partial charge is 0.504 e. The molecular weight excluding hydrogens is 520 g/mol. The van der Waals surface area contributed by atoms with Crippen molar-refractivity contribution < 1.29 is 49.1 Å². The molecule has 0 aromatic heterocycles. The molecule has 10 heteroatoms. The zero-order valence-corrected chi connectivity index (χ0v) is 21.2. The SMILES string of the molecule is COc1cccc(C(=O)C(=O)c2cc(O)c(O)cc2-c2cc(O)c(O)cc2C(=O)C(=O)c2cccc(OC)c2)c1. The Morgan fingerprint density at radius 2 is 0.850 bits per heavy atom. The second-order valence-corrected chi connectivity index (χ2v) is 8.55. The van der Waals surface area contributed by atoms with Crippen molar-refractivity contribution in [1.82, 2.24) is 0 Å². The van der Waals surface area contributed by atoms with E-state index in [0.29, 0.717) is 11.5 Å². The molecule has 10 nitrogen and oxygen atoms in total. The summed E-state index contributed by atoms with van der Waals surface area (Å²) in [4.78, 5) is 53.0. The molecule has 4 rings (SSSR count). The fourth-order valence-electron chi connectivity index (χ4n) is 4.01. The highest BCUT2D eigenvalue weighted by Gasteiger charge is 2.29. The average Bonchev–Trinajstić information content (AvgIpc) is 2.98. The van der Waals surface area contributed by atoms with Gasteiger partial charge in [0.05, 0.1) is 14.2 Å². The molecule has 0 fully saturated rings. The Labute approximate surface area is 227 Å². The number of ether oxygens (including phenoxy) is 2. The molecule has 202 valence electrons. The van der Waals surface area contributed by atoms with E-state index in [1.807, 2.05) is 0 Å². The van der Waals surface area contributed by atoms with Gasteiger partial charge in [0.2, 0.25) is 23.1 Å². The van der Waals surface area contributed by atoms with Gasteiger partial charge in [-0.05, 0) is 59.7 Å². The molecule has 0 aliphatic heterocycles. The summed E-state index contributed by atoms with van der Waals surface area (Å²) >= 11 is 0. The van der Waals surface area contributed by atoms with Crippen molar-refractivity contribution in [3.8, 4) is 45.6 Å². The normalized spacial score (nSPS) is 10.6. The highest BCUT2D eigenvalue weighted by atomic mass is 16.5. The summed E-state index contributed by atoms with van der Waals surface area (Å²) in [6.07, 6.45) is 0. The topological polar surface area (TPSA) is 168 Å². The molecule has 4 N–H and O–H groups in total. The molecule has 0 aliphatic rings. The number of carbonyl (C=O) groups is 4. The number of hydrogen-bond acceptors (Lipinski definition) is 10. The van der Waals surface area contributed by atoms with Crippen molar-refractivity contribution in [2.45, 2.75) is 0 Å². The zero-order valence-electron chi connectivity index (χ0n) is 21.2. The van der Waals surface area contributed by atoms with Gasteiger partial charge in [0.1, 0.15) is 11.5 Å². The maximum atomic E-state index is 13.4. The van der Waals surface area contributed by atoms with Crippen LogP contribution in [0.25, 0.3) is 11.1 Å². The van der Waals surface area contributed by atoms with Crippen LogP contribution in [0, 0.1) is 0 Å². The smallest absolute Gasteiger partial charge is 0.234 e. The Bertz CT molecular complexity index is 1560. The van der Waals surface area contributed by atoms with Crippen LogP contribution >= 0.6 is 0 Å². The van der Waals surface area contributed by atoms with E-state index in [1.165, 1.54) is 50.6 Å². The minimum absolute atomic E-state index is 0.0408. The second kappa shape index (κ2) is 11.0. The van der Waals surface area contributed by atoms with Crippen LogP contribution in [0.1, 0.15) is 41.4 Å². The maximum absolute atomic E-state index is 13.4. The highest BCUT2D eigenvalue weighted by Crippen LogP contribution is 2.41. The molecule has 4 aromatic rings. The first-order valence-corrected chi connectivity index (χ1v) is 11.6. The van der Waals surface area contributed by atoms with Crippen molar-refractivity contribution in [2.75, 3.05) is 14.2 Å². The van der Waals surface area contributed by atoms with Crippen LogP contribution in [-0.2, 0) is 0 Å². The van der Waals surface area contributed by atoms with Crippen molar-refractivity contribution in [2.24, 2.45) is 0 Å². The lowest BCUT2D eigenvalue weighted by molar-refractivity contribution is 0.0816. The van der Waals surface area contributed by atoms with Crippen LogP contribution < -0.4 is 9.47 Å². The van der Waals surface area contributed by atoms with E-state index in [1.54, 1.807) is 12.1 Å². The van der Waals surface area contributed by atoms with Gasteiger partial charge in [-0.2, -0.15) is 0 Å². The summed E-state index contributed by atoms with van der Waals surface area (Å²) in [6, 6.07) is 15.0. The van der Waals surface area contributed by atoms with Gasteiger partial charge < -0.3 is 29.9 Å². The van der Waals surface area contributed by atoms with Gasteiger partial charge in [-0.25, -0.2) is 0 Å². The predicted molar refractivity (Wildman–Crippen MR) is 142 cm³/mol. The number of aromatic hydroxyl groups is 4. The van der Waals surface area contributed by atoms with Crippen molar-refractivity contribution in [3.05, 3.63) is 95.1 Å². The summed E-state index contributed by atoms with van der Waals surface area (Å²) in [6.45, 7) is 0. The molecule has 0 saturated carbocycles. The van der Waals surface area contributed by atoms with Crippen molar-refractivity contribution >= 4 is 23.1 Å². The first kappa shape index (κ1) is 27.4. The summed E-state index contributed by atoms with van der Waals surface area (Å²) in [5.74, 6) is -6.59. The van der Waals surface area contributed by atoms with Crippen molar-refractivity contribution in [1.29, 1.82) is 0 Å². The zero-order chi connectivity index (χ0) is 29.1. The molecule has 0 unspecified atom stereocenters. The molecule has 0 saturated heterocycles. The Morgan fingerprint density at radius 1 is 0.500 bits per heavy atom. The van der Waals surface area contributed by atoms with Gasteiger partial charge in [0.25, 0.3) is 0 Å². The number of phenolic OH excluding ortho intramolecular Hbond substituents is 4. The predicted octanol–water partition coefficient (Wildman–Crippen LogP) is 4.32. The van der Waals surface area contributed by atoms with Crippen molar-refractivity contribution in [3.63, 3.8) is 0 Å². The fourth-order valence-corrected chi connectivity index (χ4v) is 4.01. The quantitative estimate of drug-likeness (QED) is 0.136. The third-order valence-corrected chi connectivity index (χ3v) is 6.09. The van der Waals surface area contributed by atoms with Gasteiger partial charge in [-0.1, -0.05) is 24.3 Å². The Hall–Kier alpha value is -5.64. The molecule has 4 aromatic carbocycles. The second-order valence-electron chi connectivity index (χ2n) is 8.55. The molecule has 0 atom stereocenters. The van der Waals surface area contributed by atoms with Crippen LogP contribution in [0.2, 0.25) is 0 Å². The molecule has 0 aliphatic carbocycles. The van der Waals surface area contributed by atoms with E-state index in [-0.39, 0.29) is 22.3 Å². The highest BCUT2D eigenvalue weighted by molar-refractivity contribution is 6.52. The summed E-state index contributed by atoms with van der Waals surface area (Å²) < 4.78 is 10.2. The first-order valence-electron chi connectivity index (χ1n) is 11.6. The number of benzene rings is 4. The molecule has 0 amide bonds. The molecule has 0 spiro atoms. The van der Waals surface area contributed by atoms with Gasteiger partial charge in [0.15, 0.2) is 23.0 Å². The van der Waals surface area contributed by atoms with Gasteiger partial charge in [0, 0.05) is 22.3 Å². The molecule has 0 radical (unpaired) electrons. The summed E-state index contributed by atoms with van der Waals surface area (Å²) in [5, 5.41) is 40.8. The number of methoxy groups -OCH3 is 2. The number of Topliss-reactive ketones (excluding diaryl/α,β-unsaturated/α-hetero) is 4. The summed E-state index contributed by atoms with van der Waals surface area (Å²) in [7, 11) is 2.76. The lowest BCUT2D eigenvalue weighted by atomic mass is 9.87. The fraction of sp³-hybridized carbons (Fsp3) is 0.0667. The third-order valence-electron chi connectivity index (χ3n) is 6.09. The number of ketones is 4.